The fraction of sp³-hybridized carbons (Fsp3) is 0.533. The monoisotopic (exact) mass is 318 g/mol. The molecule has 1 fully saturated rings. The number of likely N-dealkylation sites (tertiary alicyclic amines) is 1. The van der Waals surface area contributed by atoms with E-state index in [0.29, 0.717) is 31.8 Å². The molecule has 122 valence electrons. The van der Waals surface area contributed by atoms with Gasteiger partial charge < -0.3 is 10.2 Å². The third-order valence-electron chi connectivity index (χ3n) is 3.91. The summed E-state index contributed by atoms with van der Waals surface area (Å²) >= 11 is 0. The normalized spacial score (nSPS) is 16.1. The molecule has 2 rings (SSSR count). The van der Waals surface area contributed by atoms with Crippen LogP contribution in [0, 0.1) is 29.2 Å². The molecule has 1 aromatic rings. The standard InChI is InChI=1S/C15H18F4N2O/c1-2-20-8-9-3-5-21(6-4-9)15(22)12-13(18)10(16)7-11(17)14(12)19/h7,9,20H,2-6,8H2,1H3. The van der Waals surface area contributed by atoms with Crippen LogP contribution >= 0.6 is 0 Å². The first-order chi connectivity index (χ1) is 10.5. The van der Waals surface area contributed by atoms with Crippen molar-refractivity contribution in [3.05, 3.63) is 34.9 Å². The molecular weight excluding hydrogens is 300 g/mol. The van der Waals surface area contributed by atoms with Crippen LogP contribution in [0.4, 0.5) is 17.6 Å². The Hall–Kier alpha value is -1.63. The first-order valence-corrected chi connectivity index (χ1v) is 7.28. The number of hydrogen-bond donors (Lipinski definition) is 1. The van der Waals surface area contributed by atoms with Crippen LogP contribution in [0.2, 0.25) is 0 Å². The lowest BCUT2D eigenvalue weighted by Crippen LogP contribution is -2.41. The van der Waals surface area contributed by atoms with Crippen LogP contribution in [0.1, 0.15) is 30.1 Å². The first kappa shape index (κ1) is 16.7. The van der Waals surface area contributed by atoms with Crippen molar-refractivity contribution in [2.75, 3.05) is 26.2 Å². The molecule has 0 saturated carbocycles. The Morgan fingerprint density at radius 1 is 1.18 bits per heavy atom. The van der Waals surface area contributed by atoms with Gasteiger partial charge in [0.2, 0.25) is 0 Å². The molecule has 0 atom stereocenters. The summed E-state index contributed by atoms with van der Waals surface area (Å²) in [6.07, 6.45) is 1.36. The summed E-state index contributed by atoms with van der Waals surface area (Å²) in [6.45, 7) is 4.27. The molecule has 0 bridgehead atoms. The summed E-state index contributed by atoms with van der Waals surface area (Å²) in [4.78, 5) is 13.4. The molecule has 1 heterocycles. The Balaban J connectivity index is 2.11. The Morgan fingerprint density at radius 2 is 1.73 bits per heavy atom. The van der Waals surface area contributed by atoms with E-state index in [2.05, 4.69) is 5.32 Å². The number of nitrogens with one attached hydrogen (secondary N) is 1. The zero-order valence-corrected chi connectivity index (χ0v) is 12.3. The summed E-state index contributed by atoms with van der Waals surface area (Å²) in [5.41, 5.74) is -1.15. The van der Waals surface area contributed by atoms with Gasteiger partial charge in [-0.1, -0.05) is 6.92 Å². The van der Waals surface area contributed by atoms with Gasteiger partial charge in [0.05, 0.1) is 0 Å². The number of halogens is 4. The summed E-state index contributed by atoms with van der Waals surface area (Å²) in [7, 11) is 0. The third-order valence-corrected chi connectivity index (χ3v) is 3.91. The van der Waals surface area contributed by atoms with E-state index in [1.807, 2.05) is 6.92 Å². The van der Waals surface area contributed by atoms with Gasteiger partial charge in [0.25, 0.3) is 5.91 Å². The SMILES string of the molecule is CCNCC1CCN(C(=O)c2c(F)c(F)cc(F)c2F)CC1. The van der Waals surface area contributed by atoms with Gasteiger partial charge in [-0.3, -0.25) is 4.79 Å². The second-order valence-electron chi connectivity index (χ2n) is 5.39. The Morgan fingerprint density at radius 3 is 2.23 bits per heavy atom. The molecule has 3 nitrogen and oxygen atoms in total. The predicted octanol–water partition coefficient (Wildman–Crippen LogP) is 2.70. The highest BCUT2D eigenvalue weighted by Crippen LogP contribution is 2.24. The topological polar surface area (TPSA) is 32.3 Å². The van der Waals surface area contributed by atoms with Gasteiger partial charge >= 0.3 is 0 Å². The molecule has 22 heavy (non-hydrogen) atoms. The van der Waals surface area contributed by atoms with Gasteiger partial charge in [-0.2, -0.15) is 0 Å². The molecule has 1 aromatic carbocycles. The van der Waals surface area contributed by atoms with Gasteiger partial charge in [-0.15, -0.1) is 0 Å². The summed E-state index contributed by atoms with van der Waals surface area (Å²) < 4.78 is 53.7. The number of benzene rings is 1. The lowest BCUT2D eigenvalue weighted by Gasteiger charge is -2.32. The van der Waals surface area contributed by atoms with Gasteiger partial charge in [0, 0.05) is 19.2 Å². The van der Waals surface area contributed by atoms with E-state index in [1.165, 1.54) is 4.90 Å². The quantitative estimate of drug-likeness (QED) is 0.684. The van der Waals surface area contributed by atoms with Crippen LogP contribution in [-0.4, -0.2) is 37.0 Å². The maximum absolute atomic E-state index is 13.7. The number of piperidine rings is 1. The average Bonchev–Trinajstić information content (AvgIpc) is 2.51. The van der Waals surface area contributed by atoms with Gasteiger partial charge in [-0.25, -0.2) is 17.6 Å². The lowest BCUT2D eigenvalue weighted by atomic mass is 9.96. The fourth-order valence-electron chi connectivity index (χ4n) is 2.61. The smallest absolute Gasteiger partial charge is 0.260 e. The van der Waals surface area contributed by atoms with Crippen LogP contribution in [0.25, 0.3) is 0 Å². The number of carbonyl (C=O) groups is 1. The number of nitrogens with zero attached hydrogens (tertiary/aromatic N) is 1. The van der Waals surface area contributed by atoms with Crippen molar-refractivity contribution in [2.24, 2.45) is 5.92 Å². The zero-order valence-electron chi connectivity index (χ0n) is 12.3. The van der Waals surface area contributed by atoms with Crippen LogP contribution in [0.15, 0.2) is 6.07 Å². The van der Waals surface area contributed by atoms with Crippen molar-refractivity contribution < 1.29 is 22.4 Å². The minimum absolute atomic E-state index is 0.101. The molecule has 1 aliphatic heterocycles. The fourth-order valence-corrected chi connectivity index (χ4v) is 2.61. The average molecular weight is 318 g/mol. The predicted molar refractivity (Wildman–Crippen MR) is 73.4 cm³/mol. The van der Waals surface area contributed by atoms with Gasteiger partial charge in [-0.05, 0) is 31.8 Å². The number of hydrogen-bond acceptors (Lipinski definition) is 2. The van der Waals surface area contributed by atoms with E-state index >= 15 is 0 Å². The van der Waals surface area contributed by atoms with Crippen molar-refractivity contribution in [1.82, 2.24) is 10.2 Å². The number of rotatable bonds is 4. The first-order valence-electron chi connectivity index (χ1n) is 7.28. The number of amides is 1. The highest BCUT2D eigenvalue weighted by molar-refractivity contribution is 5.95. The Kier molecular flexibility index (Phi) is 5.39. The summed E-state index contributed by atoms with van der Waals surface area (Å²) in [5.74, 6) is -7.04. The maximum Gasteiger partial charge on any atom is 0.260 e. The minimum atomic E-state index is -1.64. The lowest BCUT2D eigenvalue weighted by molar-refractivity contribution is 0.0677. The molecule has 1 amide bonds. The van der Waals surface area contributed by atoms with Crippen molar-refractivity contribution in [3.63, 3.8) is 0 Å². The van der Waals surface area contributed by atoms with Gasteiger partial charge in [0.15, 0.2) is 23.3 Å². The Bertz CT molecular complexity index is 531. The second-order valence-corrected chi connectivity index (χ2v) is 5.39. The minimum Gasteiger partial charge on any atom is -0.338 e. The van der Waals surface area contributed by atoms with E-state index < -0.39 is 34.7 Å². The number of carbonyl (C=O) groups excluding carboxylic acids is 1. The van der Waals surface area contributed by atoms with Gasteiger partial charge in [0.1, 0.15) is 5.56 Å². The van der Waals surface area contributed by atoms with Crippen LogP contribution in [-0.2, 0) is 0 Å². The maximum atomic E-state index is 13.7. The van der Waals surface area contributed by atoms with Crippen LogP contribution < -0.4 is 5.32 Å². The largest absolute Gasteiger partial charge is 0.338 e. The van der Waals surface area contributed by atoms with E-state index in [1.54, 1.807) is 0 Å². The van der Waals surface area contributed by atoms with E-state index in [9.17, 15) is 22.4 Å². The summed E-state index contributed by atoms with van der Waals surface area (Å²) in [6, 6.07) is 0.101. The van der Waals surface area contributed by atoms with Crippen LogP contribution in [0.5, 0.6) is 0 Å². The van der Waals surface area contributed by atoms with Crippen molar-refractivity contribution >= 4 is 5.91 Å². The molecule has 1 saturated heterocycles. The molecule has 7 heteroatoms. The van der Waals surface area contributed by atoms with E-state index in [0.717, 1.165) is 13.1 Å². The van der Waals surface area contributed by atoms with Crippen molar-refractivity contribution in [3.8, 4) is 0 Å². The molecular formula is C15H18F4N2O. The molecule has 0 unspecified atom stereocenters. The molecule has 0 radical (unpaired) electrons. The van der Waals surface area contributed by atoms with Crippen molar-refractivity contribution in [2.45, 2.75) is 19.8 Å². The molecule has 1 N–H and O–H groups in total. The van der Waals surface area contributed by atoms with Crippen molar-refractivity contribution in [1.29, 1.82) is 0 Å². The van der Waals surface area contributed by atoms with Crippen LogP contribution in [0.3, 0.4) is 0 Å². The molecule has 0 spiro atoms. The summed E-state index contributed by atoms with van der Waals surface area (Å²) in [5, 5.41) is 3.20. The second kappa shape index (κ2) is 7.09. The highest BCUT2D eigenvalue weighted by atomic mass is 19.2. The zero-order chi connectivity index (χ0) is 16.3. The third kappa shape index (κ3) is 3.40. The molecule has 1 aliphatic rings. The Labute approximate surface area is 126 Å². The molecule has 0 aromatic heterocycles. The van der Waals surface area contributed by atoms with E-state index in [-0.39, 0.29) is 6.07 Å². The van der Waals surface area contributed by atoms with E-state index in [4.69, 9.17) is 0 Å². The molecule has 0 aliphatic carbocycles. The highest BCUT2D eigenvalue weighted by Gasteiger charge is 2.30.